The van der Waals surface area contributed by atoms with Crippen molar-refractivity contribution in [3.8, 4) is 5.75 Å². The van der Waals surface area contributed by atoms with Gasteiger partial charge >= 0.3 is 6.03 Å². The summed E-state index contributed by atoms with van der Waals surface area (Å²) in [6, 6.07) is 9.64. The van der Waals surface area contributed by atoms with Crippen LogP contribution < -0.4 is 10.6 Å². The van der Waals surface area contributed by atoms with Crippen molar-refractivity contribution in [2.24, 2.45) is 0 Å². The molecule has 4 rings (SSSR count). The number of carbonyl (C=O) groups is 2. The molecular formula is C17H15N3O3S. The van der Waals surface area contributed by atoms with Crippen LogP contribution in [0, 0.1) is 0 Å². The van der Waals surface area contributed by atoms with Crippen LogP contribution in [0.2, 0.25) is 0 Å². The maximum atomic E-state index is 12.9. The predicted octanol–water partition coefficient (Wildman–Crippen LogP) is 2.10. The smallest absolute Gasteiger partial charge is 0.319 e. The number of phenolic OH excluding ortho intramolecular Hbond substituents is 1. The van der Waals surface area contributed by atoms with E-state index in [9.17, 15) is 14.7 Å². The molecule has 3 N–H and O–H groups in total. The molecule has 0 radical (unpaired) electrons. The van der Waals surface area contributed by atoms with E-state index in [1.54, 1.807) is 40.5 Å². The lowest BCUT2D eigenvalue weighted by Gasteiger charge is -2.25. The Kier molecular flexibility index (Phi) is 3.50. The maximum absolute atomic E-state index is 12.9. The molecule has 122 valence electrons. The first-order valence-electron chi connectivity index (χ1n) is 7.53. The Labute approximate surface area is 142 Å². The Hall–Kier alpha value is -2.80. The second kappa shape index (κ2) is 5.68. The number of hydrogen-bond donors (Lipinski definition) is 3. The third-order valence-corrected chi connectivity index (χ3v) is 5.03. The molecule has 0 aliphatic carbocycles. The first kappa shape index (κ1) is 14.8. The first-order valence-corrected chi connectivity index (χ1v) is 8.41. The Balaban J connectivity index is 1.64. The highest BCUT2D eigenvalue weighted by Crippen LogP contribution is 2.33. The van der Waals surface area contributed by atoms with Crippen molar-refractivity contribution in [1.82, 2.24) is 15.5 Å². The SMILES string of the molecule is O=C1NC2=C(C(=O)N(Cc3cccs3)C2)[C@@H](c2ccc(O)cc2)N1. The predicted molar refractivity (Wildman–Crippen MR) is 89.3 cm³/mol. The van der Waals surface area contributed by atoms with Crippen molar-refractivity contribution in [3.63, 3.8) is 0 Å². The molecule has 0 bridgehead atoms. The number of aromatic hydroxyl groups is 1. The number of rotatable bonds is 3. The minimum atomic E-state index is -0.504. The molecule has 0 fully saturated rings. The van der Waals surface area contributed by atoms with E-state index < -0.39 is 6.04 Å². The average molecular weight is 341 g/mol. The fourth-order valence-electron chi connectivity index (χ4n) is 3.06. The molecule has 2 aliphatic rings. The lowest BCUT2D eigenvalue weighted by atomic mass is 9.96. The number of nitrogens with zero attached hydrogens (tertiary/aromatic N) is 1. The van der Waals surface area contributed by atoms with Crippen LogP contribution in [0.5, 0.6) is 5.75 Å². The second-order valence-corrected chi connectivity index (χ2v) is 6.79. The van der Waals surface area contributed by atoms with Crippen LogP contribution in [0.3, 0.4) is 0 Å². The zero-order valence-electron chi connectivity index (χ0n) is 12.7. The minimum Gasteiger partial charge on any atom is -0.508 e. The second-order valence-electron chi connectivity index (χ2n) is 5.76. The van der Waals surface area contributed by atoms with E-state index in [-0.39, 0.29) is 17.7 Å². The fourth-order valence-corrected chi connectivity index (χ4v) is 3.78. The van der Waals surface area contributed by atoms with E-state index in [1.807, 2.05) is 17.5 Å². The summed E-state index contributed by atoms with van der Waals surface area (Å²) in [5.41, 5.74) is 1.98. The Bertz CT molecular complexity index is 827. The summed E-state index contributed by atoms with van der Waals surface area (Å²) in [4.78, 5) is 27.6. The largest absolute Gasteiger partial charge is 0.508 e. The molecule has 7 heteroatoms. The summed E-state index contributed by atoms with van der Waals surface area (Å²) in [5.74, 6) is 0.0641. The van der Waals surface area contributed by atoms with E-state index in [0.29, 0.717) is 24.4 Å². The van der Waals surface area contributed by atoms with Crippen molar-refractivity contribution < 1.29 is 14.7 Å². The van der Waals surface area contributed by atoms with Crippen LogP contribution in [-0.2, 0) is 11.3 Å². The van der Waals surface area contributed by atoms with Gasteiger partial charge in [0.2, 0.25) is 0 Å². The standard InChI is InChI=1S/C17H15N3O3S/c21-11-5-3-10(4-6-11)15-14-13(18-17(23)19-15)9-20(16(14)22)8-12-2-1-7-24-12/h1-7,15,21H,8-9H2,(H2,18,19,23)/t15-/m1/s1. The summed E-state index contributed by atoms with van der Waals surface area (Å²) in [5, 5.41) is 17.0. The third kappa shape index (κ3) is 2.52. The molecule has 0 saturated heterocycles. The van der Waals surface area contributed by atoms with Crippen LogP contribution in [0.15, 0.2) is 53.0 Å². The summed E-state index contributed by atoms with van der Waals surface area (Å²) < 4.78 is 0. The molecule has 6 nitrogen and oxygen atoms in total. The van der Waals surface area contributed by atoms with E-state index >= 15 is 0 Å². The van der Waals surface area contributed by atoms with Gasteiger partial charge in [0, 0.05) is 4.88 Å². The van der Waals surface area contributed by atoms with Crippen LogP contribution in [0.1, 0.15) is 16.5 Å². The van der Waals surface area contributed by atoms with Crippen LogP contribution in [0.4, 0.5) is 4.79 Å². The van der Waals surface area contributed by atoms with Gasteiger partial charge in [-0.05, 0) is 29.1 Å². The number of benzene rings is 1. The topological polar surface area (TPSA) is 81.7 Å². The summed E-state index contributed by atoms with van der Waals surface area (Å²) in [6.07, 6.45) is 0. The highest BCUT2D eigenvalue weighted by molar-refractivity contribution is 7.09. The lowest BCUT2D eigenvalue weighted by Crippen LogP contribution is -2.44. The molecule has 0 spiro atoms. The van der Waals surface area contributed by atoms with Gasteiger partial charge in [-0.1, -0.05) is 18.2 Å². The Morgan fingerprint density at radius 3 is 2.71 bits per heavy atom. The number of nitrogens with one attached hydrogen (secondary N) is 2. The fraction of sp³-hybridized carbons (Fsp3) is 0.176. The number of amides is 3. The number of urea groups is 1. The monoisotopic (exact) mass is 341 g/mol. The first-order chi connectivity index (χ1) is 11.6. The molecule has 2 aromatic rings. The van der Waals surface area contributed by atoms with Crippen molar-refractivity contribution in [2.45, 2.75) is 12.6 Å². The third-order valence-electron chi connectivity index (χ3n) is 4.17. The van der Waals surface area contributed by atoms with Gasteiger partial charge in [-0.25, -0.2) is 4.79 Å². The van der Waals surface area contributed by atoms with Gasteiger partial charge in [-0.15, -0.1) is 11.3 Å². The lowest BCUT2D eigenvalue weighted by molar-refractivity contribution is -0.126. The molecule has 3 heterocycles. The van der Waals surface area contributed by atoms with Crippen molar-refractivity contribution in [2.75, 3.05) is 6.54 Å². The number of phenols is 1. The van der Waals surface area contributed by atoms with E-state index in [0.717, 1.165) is 10.4 Å². The van der Waals surface area contributed by atoms with Crippen LogP contribution in [0.25, 0.3) is 0 Å². The molecule has 0 saturated carbocycles. The molecule has 3 amide bonds. The van der Waals surface area contributed by atoms with E-state index in [4.69, 9.17) is 0 Å². The minimum absolute atomic E-state index is 0.0797. The molecular weight excluding hydrogens is 326 g/mol. The van der Waals surface area contributed by atoms with Gasteiger partial charge in [0.25, 0.3) is 5.91 Å². The van der Waals surface area contributed by atoms with Crippen LogP contribution in [-0.4, -0.2) is 28.5 Å². The quantitative estimate of drug-likeness (QED) is 0.800. The normalized spacial score (nSPS) is 20.0. The van der Waals surface area contributed by atoms with Gasteiger partial charge in [-0.2, -0.15) is 0 Å². The van der Waals surface area contributed by atoms with Gasteiger partial charge in [-0.3, -0.25) is 4.79 Å². The maximum Gasteiger partial charge on any atom is 0.319 e. The highest BCUT2D eigenvalue weighted by Gasteiger charge is 2.40. The van der Waals surface area contributed by atoms with E-state index in [1.165, 1.54) is 0 Å². The molecule has 24 heavy (non-hydrogen) atoms. The van der Waals surface area contributed by atoms with Gasteiger partial charge in [0.05, 0.1) is 30.4 Å². The van der Waals surface area contributed by atoms with Crippen molar-refractivity contribution in [3.05, 3.63) is 63.5 Å². The zero-order chi connectivity index (χ0) is 16.7. The van der Waals surface area contributed by atoms with Gasteiger partial charge < -0.3 is 20.6 Å². The summed E-state index contributed by atoms with van der Waals surface area (Å²) >= 11 is 1.60. The number of thiophene rings is 1. The average Bonchev–Trinajstić information content (AvgIpc) is 3.17. The van der Waals surface area contributed by atoms with Crippen LogP contribution >= 0.6 is 11.3 Å². The van der Waals surface area contributed by atoms with Gasteiger partial charge in [0.15, 0.2) is 0 Å². The molecule has 1 aromatic carbocycles. The summed E-state index contributed by atoms with van der Waals surface area (Å²) in [6.45, 7) is 0.926. The van der Waals surface area contributed by atoms with Crippen molar-refractivity contribution in [1.29, 1.82) is 0 Å². The highest BCUT2D eigenvalue weighted by atomic mass is 32.1. The molecule has 1 aromatic heterocycles. The zero-order valence-corrected chi connectivity index (χ0v) is 13.5. The Morgan fingerprint density at radius 1 is 1.21 bits per heavy atom. The number of hydrogen-bond acceptors (Lipinski definition) is 4. The number of carbonyl (C=O) groups excluding carboxylic acids is 2. The summed E-state index contributed by atoms with van der Waals surface area (Å²) in [7, 11) is 0. The van der Waals surface area contributed by atoms with Crippen molar-refractivity contribution >= 4 is 23.3 Å². The van der Waals surface area contributed by atoms with E-state index in [2.05, 4.69) is 10.6 Å². The Morgan fingerprint density at radius 2 is 2.00 bits per heavy atom. The molecule has 0 unspecified atom stereocenters. The van der Waals surface area contributed by atoms with Gasteiger partial charge in [0.1, 0.15) is 5.75 Å². The molecule has 2 aliphatic heterocycles. The molecule has 1 atom stereocenters.